The number of hydrogen-bond acceptors (Lipinski definition) is 5. The lowest BCUT2D eigenvalue weighted by molar-refractivity contribution is -0.121. The van der Waals surface area contributed by atoms with Gasteiger partial charge in [0, 0.05) is 11.8 Å². The average Bonchev–Trinajstić information content (AvgIpc) is 3.22. The number of amides is 1. The van der Waals surface area contributed by atoms with Crippen molar-refractivity contribution in [2.24, 2.45) is 0 Å². The maximum absolute atomic E-state index is 12.6. The van der Waals surface area contributed by atoms with Gasteiger partial charge in [0.25, 0.3) is 0 Å². The largest absolute Gasteiger partial charge is 0.496 e. The van der Waals surface area contributed by atoms with Crippen LogP contribution in [0.5, 0.6) is 5.75 Å². The molecular formula is C21H24N4O4S. The first-order chi connectivity index (χ1) is 14.2. The number of anilines is 2. The number of hydrogen-bond donors (Lipinski definition) is 3. The lowest BCUT2D eigenvalue weighted by Crippen LogP contribution is -2.32. The molecule has 158 valence electrons. The van der Waals surface area contributed by atoms with E-state index in [9.17, 15) is 13.2 Å². The highest BCUT2D eigenvalue weighted by atomic mass is 32.2. The summed E-state index contributed by atoms with van der Waals surface area (Å²) in [6, 6.07) is 8.91. The van der Waals surface area contributed by atoms with E-state index in [-0.39, 0.29) is 5.91 Å². The Morgan fingerprint density at radius 3 is 2.53 bits per heavy atom. The van der Waals surface area contributed by atoms with Crippen molar-refractivity contribution in [2.75, 3.05) is 23.4 Å². The van der Waals surface area contributed by atoms with Crippen LogP contribution in [-0.2, 0) is 20.2 Å². The summed E-state index contributed by atoms with van der Waals surface area (Å²) >= 11 is 0. The zero-order chi connectivity index (χ0) is 21.7. The van der Waals surface area contributed by atoms with Crippen molar-refractivity contribution in [3.8, 4) is 17.1 Å². The molecule has 1 aliphatic rings. The number of rotatable bonds is 6. The van der Waals surface area contributed by atoms with Gasteiger partial charge in [-0.15, -0.1) is 0 Å². The van der Waals surface area contributed by atoms with Crippen molar-refractivity contribution >= 4 is 38.3 Å². The minimum Gasteiger partial charge on any atom is -0.496 e. The highest BCUT2D eigenvalue weighted by molar-refractivity contribution is 7.92. The summed E-state index contributed by atoms with van der Waals surface area (Å²) in [5.74, 6) is 1.12. The summed E-state index contributed by atoms with van der Waals surface area (Å²) < 4.78 is 30.9. The summed E-state index contributed by atoms with van der Waals surface area (Å²) in [5.41, 5.74) is 3.92. The van der Waals surface area contributed by atoms with Crippen LogP contribution in [0.25, 0.3) is 22.4 Å². The number of fused-ring (bicyclic) bond motifs is 2. The summed E-state index contributed by atoms with van der Waals surface area (Å²) in [6.45, 7) is 4.05. The molecule has 1 amide bonds. The molecule has 3 aromatic rings. The van der Waals surface area contributed by atoms with Crippen molar-refractivity contribution in [1.82, 2.24) is 9.97 Å². The summed E-state index contributed by atoms with van der Waals surface area (Å²) in [5, 5.41) is 3.01. The lowest BCUT2D eigenvalue weighted by Gasteiger charge is -2.23. The van der Waals surface area contributed by atoms with Crippen molar-refractivity contribution < 1.29 is 17.9 Å². The number of H-pyrrole nitrogens is 1. The standard InChI is InChI=1S/C21H24N4O4S/c1-5-21(6-2)14-10-16-17(11-15(14)24-20(21)26)23-19(22-16)13-8-7-12(9-18(13)29-3)25-30(4,27)28/h7-11,25H,5-6H2,1-4H3,(H,22,23)(H,24,26). The number of nitrogens with zero attached hydrogens (tertiary/aromatic N) is 1. The monoisotopic (exact) mass is 428 g/mol. The Bertz CT molecular complexity index is 1260. The molecule has 1 aliphatic heterocycles. The van der Waals surface area contributed by atoms with Crippen LogP contribution >= 0.6 is 0 Å². The Balaban J connectivity index is 1.80. The molecule has 0 radical (unpaired) electrons. The molecule has 0 saturated carbocycles. The maximum atomic E-state index is 12.6. The zero-order valence-corrected chi connectivity index (χ0v) is 18.1. The Morgan fingerprint density at radius 2 is 1.90 bits per heavy atom. The Kier molecular flexibility index (Phi) is 4.73. The maximum Gasteiger partial charge on any atom is 0.235 e. The van der Waals surface area contributed by atoms with E-state index in [0.29, 0.717) is 35.7 Å². The predicted molar refractivity (Wildman–Crippen MR) is 117 cm³/mol. The van der Waals surface area contributed by atoms with Crippen LogP contribution < -0.4 is 14.8 Å². The molecule has 0 atom stereocenters. The van der Waals surface area contributed by atoms with Crippen molar-refractivity contribution in [3.05, 3.63) is 35.9 Å². The first-order valence-electron chi connectivity index (χ1n) is 9.72. The number of sulfonamides is 1. The van der Waals surface area contributed by atoms with E-state index in [1.165, 1.54) is 7.11 Å². The van der Waals surface area contributed by atoms with E-state index < -0.39 is 15.4 Å². The van der Waals surface area contributed by atoms with Crippen LogP contribution in [0.1, 0.15) is 32.3 Å². The second kappa shape index (κ2) is 7.02. The van der Waals surface area contributed by atoms with Gasteiger partial charge < -0.3 is 15.0 Å². The molecule has 0 aliphatic carbocycles. The number of benzene rings is 2. The van der Waals surface area contributed by atoms with Gasteiger partial charge in [-0.2, -0.15) is 0 Å². The fraction of sp³-hybridized carbons (Fsp3) is 0.333. The van der Waals surface area contributed by atoms with Crippen molar-refractivity contribution in [3.63, 3.8) is 0 Å². The van der Waals surface area contributed by atoms with Gasteiger partial charge in [-0.25, -0.2) is 13.4 Å². The van der Waals surface area contributed by atoms with Crippen molar-refractivity contribution in [1.29, 1.82) is 0 Å². The van der Waals surface area contributed by atoms with Gasteiger partial charge in [0.2, 0.25) is 15.9 Å². The van der Waals surface area contributed by atoms with E-state index in [2.05, 4.69) is 15.0 Å². The van der Waals surface area contributed by atoms with E-state index in [4.69, 9.17) is 9.72 Å². The van der Waals surface area contributed by atoms with Gasteiger partial charge in [0.15, 0.2) is 0 Å². The van der Waals surface area contributed by atoms with Gasteiger partial charge in [-0.3, -0.25) is 9.52 Å². The molecule has 3 N–H and O–H groups in total. The van der Waals surface area contributed by atoms with Crippen molar-refractivity contribution in [2.45, 2.75) is 32.1 Å². The fourth-order valence-electron chi connectivity index (χ4n) is 4.16. The Labute approximate surface area is 175 Å². The molecule has 9 heteroatoms. The predicted octanol–water partition coefficient (Wildman–Crippen LogP) is 3.62. The van der Waals surface area contributed by atoms with E-state index in [1.807, 2.05) is 26.0 Å². The van der Waals surface area contributed by atoms with Gasteiger partial charge in [-0.1, -0.05) is 13.8 Å². The normalized spacial score (nSPS) is 15.1. The minimum atomic E-state index is -3.39. The van der Waals surface area contributed by atoms with Crippen LogP contribution in [0.15, 0.2) is 30.3 Å². The third-order valence-electron chi connectivity index (χ3n) is 5.79. The zero-order valence-electron chi connectivity index (χ0n) is 17.3. The number of aromatic nitrogens is 2. The number of carbonyl (C=O) groups excluding carboxylic acids is 1. The molecule has 0 fully saturated rings. The second-order valence-electron chi connectivity index (χ2n) is 7.53. The van der Waals surface area contributed by atoms with Gasteiger partial charge in [0.05, 0.1) is 41.1 Å². The third kappa shape index (κ3) is 3.19. The van der Waals surface area contributed by atoms with Gasteiger partial charge in [-0.05, 0) is 42.7 Å². The molecule has 1 aromatic heterocycles. The van der Waals surface area contributed by atoms with Crippen LogP contribution in [-0.4, -0.2) is 37.7 Å². The van der Waals surface area contributed by atoms with Crippen LogP contribution in [0.2, 0.25) is 0 Å². The number of ether oxygens (including phenoxy) is 1. The van der Waals surface area contributed by atoms with E-state index in [0.717, 1.165) is 28.5 Å². The summed E-state index contributed by atoms with van der Waals surface area (Å²) in [7, 11) is -1.87. The third-order valence-corrected chi connectivity index (χ3v) is 6.39. The van der Waals surface area contributed by atoms with Crippen LogP contribution in [0.3, 0.4) is 0 Å². The molecule has 2 heterocycles. The summed E-state index contributed by atoms with van der Waals surface area (Å²) in [4.78, 5) is 20.6. The Hall–Kier alpha value is -3.07. The molecule has 4 rings (SSSR count). The lowest BCUT2D eigenvalue weighted by atomic mass is 9.77. The minimum absolute atomic E-state index is 0.0333. The number of nitrogens with one attached hydrogen (secondary N) is 3. The first-order valence-corrected chi connectivity index (χ1v) is 11.6. The molecule has 2 aromatic carbocycles. The van der Waals surface area contributed by atoms with Crippen LogP contribution in [0, 0.1) is 0 Å². The quantitative estimate of drug-likeness (QED) is 0.555. The summed E-state index contributed by atoms with van der Waals surface area (Å²) in [6.07, 6.45) is 2.53. The molecule has 0 spiro atoms. The van der Waals surface area contributed by atoms with Gasteiger partial charge >= 0.3 is 0 Å². The highest BCUT2D eigenvalue weighted by Gasteiger charge is 2.44. The smallest absolute Gasteiger partial charge is 0.235 e. The Morgan fingerprint density at radius 1 is 1.17 bits per heavy atom. The highest BCUT2D eigenvalue weighted by Crippen LogP contribution is 2.44. The molecule has 8 nitrogen and oxygen atoms in total. The SMILES string of the molecule is CCC1(CC)C(=O)Nc2cc3[nH]c(-c4ccc(NS(C)(=O)=O)cc4OC)nc3cc21. The van der Waals surface area contributed by atoms with E-state index >= 15 is 0 Å². The molecule has 0 saturated heterocycles. The fourth-order valence-corrected chi connectivity index (χ4v) is 4.72. The number of carbonyl (C=O) groups is 1. The number of imidazole rings is 1. The molecule has 30 heavy (non-hydrogen) atoms. The van der Waals surface area contributed by atoms with Crippen LogP contribution in [0.4, 0.5) is 11.4 Å². The second-order valence-corrected chi connectivity index (χ2v) is 9.28. The topological polar surface area (TPSA) is 113 Å². The average molecular weight is 429 g/mol. The molecule has 0 bridgehead atoms. The number of methoxy groups -OCH3 is 1. The van der Waals surface area contributed by atoms with E-state index in [1.54, 1.807) is 18.2 Å². The first kappa shape index (κ1) is 20.2. The molecule has 0 unspecified atom stereocenters. The number of aromatic amines is 1. The molecular weight excluding hydrogens is 404 g/mol. The van der Waals surface area contributed by atoms with Gasteiger partial charge in [0.1, 0.15) is 11.6 Å².